The highest BCUT2D eigenvalue weighted by atomic mass is 35.5. The largest absolute Gasteiger partial charge is 0.497 e. The van der Waals surface area contributed by atoms with Crippen LogP contribution in [0.5, 0.6) is 5.75 Å². The Hall–Kier alpha value is -3.91. The third kappa shape index (κ3) is 7.03. The smallest absolute Gasteiger partial charge is 0.262 e. The summed E-state index contributed by atoms with van der Waals surface area (Å²) in [4.78, 5) is 33.7. The fourth-order valence-corrected chi connectivity index (χ4v) is 7.08. The monoisotopic (exact) mass is 672 g/mol. The molecule has 0 aliphatic heterocycles. The zero-order valence-electron chi connectivity index (χ0n) is 27.0. The third-order valence-corrected chi connectivity index (χ3v) is 9.54. The molecule has 5 aromatic rings. The number of nitrogens with zero attached hydrogens (tertiary/aromatic N) is 2. The number of fused-ring (bicyclic) bond motifs is 3. The van der Waals surface area contributed by atoms with Gasteiger partial charge in [0, 0.05) is 32.7 Å². The highest BCUT2D eigenvalue weighted by Gasteiger charge is 2.31. The van der Waals surface area contributed by atoms with Crippen LogP contribution in [-0.4, -0.2) is 35.0 Å². The summed E-state index contributed by atoms with van der Waals surface area (Å²) < 4.78 is 7.36. The van der Waals surface area contributed by atoms with Crippen LogP contribution in [0.1, 0.15) is 83.7 Å². The first-order valence-corrected chi connectivity index (χ1v) is 16.7. The first kappa shape index (κ1) is 34.4. The second-order valence-electron chi connectivity index (χ2n) is 12.2. The molecule has 2 aromatic heterocycles. The van der Waals surface area contributed by atoms with E-state index in [1.165, 1.54) is 0 Å². The predicted octanol–water partition coefficient (Wildman–Crippen LogP) is 8.78. The van der Waals surface area contributed by atoms with Gasteiger partial charge in [-0.3, -0.25) is 19.1 Å². The minimum atomic E-state index is -0.502. The first-order valence-electron chi connectivity index (χ1n) is 16.3. The normalized spacial score (nSPS) is 13.2. The molecule has 1 aliphatic carbocycles. The number of rotatable bonds is 11. The van der Waals surface area contributed by atoms with Crippen LogP contribution in [0.4, 0.5) is 5.69 Å². The number of amides is 1. The summed E-state index contributed by atoms with van der Waals surface area (Å²) in [6.45, 7) is 2.59. The Kier molecular flexibility index (Phi) is 11.2. The minimum Gasteiger partial charge on any atom is -0.497 e. The summed E-state index contributed by atoms with van der Waals surface area (Å²) in [5.41, 5.74) is 12.6. The summed E-state index contributed by atoms with van der Waals surface area (Å²) in [6, 6.07) is 20.7. The van der Waals surface area contributed by atoms with Crippen LogP contribution in [0.15, 0.2) is 66.7 Å². The SMILES string of the molecule is COc1ccc2c(c1)c(C(CCCCCCN)C(=O)Nc1c3c(nc4ccccc14)CCCC3)c(C)n2C(=O)c1ccc(Cl)cc1.Cl. The van der Waals surface area contributed by atoms with Crippen molar-refractivity contribution in [1.29, 1.82) is 0 Å². The van der Waals surface area contributed by atoms with Crippen LogP contribution in [0, 0.1) is 6.92 Å². The van der Waals surface area contributed by atoms with Gasteiger partial charge >= 0.3 is 0 Å². The molecule has 0 fully saturated rings. The Balaban J connectivity index is 0.00000433. The molecule has 9 heteroatoms. The minimum absolute atomic E-state index is 0. The maximum atomic E-state index is 14.7. The maximum absolute atomic E-state index is 14.7. The van der Waals surface area contributed by atoms with Gasteiger partial charge in [-0.15, -0.1) is 12.4 Å². The summed E-state index contributed by atoms with van der Waals surface area (Å²) >= 11 is 6.14. The molecular formula is C38H42Cl2N4O3. The molecule has 0 saturated carbocycles. The van der Waals surface area contributed by atoms with E-state index in [2.05, 4.69) is 5.32 Å². The molecule has 1 aliphatic rings. The van der Waals surface area contributed by atoms with E-state index in [1.807, 2.05) is 49.4 Å². The highest BCUT2D eigenvalue weighted by Crippen LogP contribution is 2.39. The van der Waals surface area contributed by atoms with Crippen LogP contribution >= 0.6 is 24.0 Å². The molecule has 0 spiro atoms. The van der Waals surface area contributed by atoms with Gasteiger partial charge in [0.05, 0.1) is 29.7 Å². The molecule has 6 rings (SSSR count). The van der Waals surface area contributed by atoms with Crippen molar-refractivity contribution in [2.75, 3.05) is 19.0 Å². The molecule has 1 unspecified atom stereocenters. The van der Waals surface area contributed by atoms with E-state index in [1.54, 1.807) is 35.9 Å². The van der Waals surface area contributed by atoms with E-state index in [-0.39, 0.29) is 24.2 Å². The molecule has 246 valence electrons. The molecule has 1 amide bonds. The molecule has 0 bridgehead atoms. The van der Waals surface area contributed by atoms with Gasteiger partial charge in [-0.05, 0) is 112 Å². The number of hydrogen-bond donors (Lipinski definition) is 2. The highest BCUT2D eigenvalue weighted by molar-refractivity contribution is 6.30. The molecule has 7 nitrogen and oxygen atoms in total. The zero-order valence-corrected chi connectivity index (χ0v) is 28.6. The number of carbonyl (C=O) groups excluding carboxylic acids is 2. The fraction of sp³-hybridized carbons (Fsp3) is 0.342. The van der Waals surface area contributed by atoms with Crippen molar-refractivity contribution in [1.82, 2.24) is 9.55 Å². The Morgan fingerprint density at radius 1 is 0.979 bits per heavy atom. The van der Waals surface area contributed by atoms with Gasteiger partial charge in [0.2, 0.25) is 5.91 Å². The average Bonchev–Trinajstić information content (AvgIpc) is 3.36. The first-order chi connectivity index (χ1) is 22.4. The molecule has 2 heterocycles. The lowest BCUT2D eigenvalue weighted by Crippen LogP contribution is -2.24. The van der Waals surface area contributed by atoms with Crippen molar-refractivity contribution in [3.8, 4) is 5.75 Å². The second-order valence-corrected chi connectivity index (χ2v) is 12.6. The number of anilines is 1. The molecule has 3 aromatic carbocycles. The van der Waals surface area contributed by atoms with Gasteiger partial charge in [-0.25, -0.2) is 0 Å². The number of unbranched alkanes of at least 4 members (excludes halogenated alkanes) is 3. The number of benzene rings is 3. The molecule has 0 radical (unpaired) electrons. The van der Waals surface area contributed by atoms with E-state index >= 15 is 0 Å². The van der Waals surface area contributed by atoms with Gasteiger partial charge in [0.1, 0.15) is 5.75 Å². The maximum Gasteiger partial charge on any atom is 0.262 e. The van der Waals surface area contributed by atoms with Crippen LogP contribution in [-0.2, 0) is 17.6 Å². The number of ether oxygens (including phenoxy) is 1. The van der Waals surface area contributed by atoms with E-state index in [4.69, 9.17) is 27.1 Å². The van der Waals surface area contributed by atoms with Gasteiger partial charge in [-0.2, -0.15) is 0 Å². The second kappa shape index (κ2) is 15.3. The summed E-state index contributed by atoms with van der Waals surface area (Å²) in [5.74, 6) is -0.0854. The van der Waals surface area contributed by atoms with Crippen LogP contribution in [0.3, 0.4) is 0 Å². The molecule has 47 heavy (non-hydrogen) atoms. The molecule has 1 atom stereocenters. The van der Waals surface area contributed by atoms with Crippen molar-refractivity contribution in [3.05, 3.63) is 99.8 Å². The molecule has 0 saturated heterocycles. The van der Waals surface area contributed by atoms with Crippen molar-refractivity contribution in [2.45, 2.75) is 70.6 Å². The van der Waals surface area contributed by atoms with E-state index in [0.29, 0.717) is 29.3 Å². The Bertz CT molecular complexity index is 1900. The van der Waals surface area contributed by atoms with E-state index in [0.717, 1.165) is 101 Å². The third-order valence-electron chi connectivity index (χ3n) is 9.28. The average molecular weight is 674 g/mol. The van der Waals surface area contributed by atoms with Gasteiger partial charge in [0.15, 0.2) is 0 Å². The van der Waals surface area contributed by atoms with Gasteiger partial charge in [-0.1, -0.05) is 49.1 Å². The quantitative estimate of drug-likeness (QED) is 0.137. The molecule has 3 N–H and O–H groups in total. The van der Waals surface area contributed by atoms with E-state index < -0.39 is 5.92 Å². The van der Waals surface area contributed by atoms with Crippen LogP contribution in [0.2, 0.25) is 5.02 Å². The number of halogens is 2. The predicted molar refractivity (Wildman–Crippen MR) is 194 cm³/mol. The summed E-state index contributed by atoms with van der Waals surface area (Å²) in [5, 5.41) is 5.78. The van der Waals surface area contributed by atoms with Crippen LogP contribution in [0.25, 0.3) is 21.8 Å². The van der Waals surface area contributed by atoms with Crippen LogP contribution < -0.4 is 15.8 Å². The van der Waals surface area contributed by atoms with Gasteiger partial charge in [0.25, 0.3) is 5.91 Å². The Morgan fingerprint density at radius 2 is 1.72 bits per heavy atom. The summed E-state index contributed by atoms with van der Waals surface area (Å²) in [7, 11) is 1.63. The summed E-state index contributed by atoms with van der Waals surface area (Å²) in [6.07, 6.45) is 8.39. The lowest BCUT2D eigenvalue weighted by atomic mass is 9.88. The van der Waals surface area contributed by atoms with Gasteiger partial charge < -0.3 is 15.8 Å². The number of aromatic nitrogens is 2. The lowest BCUT2D eigenvalue weighted by Gasteiger charge is -2.24. The van der Waals surface area contributed by atoms with Crippen molar-refractivity contribution in [3.63, 3.8) is 0 Å². The Morgan fingerprint density at radius 3 is 2.49 bits per heavy atom. The van der Waals surface area contributed by atoms with Crippen molar-refractivity contribution in [2.24, 2.45) is 5.73 Å². The number of nitrogens with one attached hydrogen (secondary N) is 1. The number of hydrogen-bond acceptors (Lipinski definition) is 5. The number of para-hydroxylation sites is 1. The fourth-order valence-electron chi connectivity index (χ4n) is 6.95. The number of nitrogens with two attached hydrogens (primary N) is 1. The number of aryl methyl sites for hydroxylation is 1. The number of pyridine rings is 1. The zero-order chi connectivity index (χ0) is 32.2. The van der Waals surface area contributed by atoms with Crippen molar-refractivity contribution < 1.29 is 14.3 Å². The Labute approximate surface area is 287 Å². The number of methoxy groups -OCH3 is 1. The lowest BCUT2D eigenvalue weighted by molar-refractivity contribution is -0.117. The van der Waals surface area contributed by atoms with Crippen molar-refractivity contribution >= 4 is 63.3 Å². The number of carbonyl (C=O) groups is 2. The van der Waals surface area contributed by atoms with E-state index in [9.17, 15) is 9.59 Å². The molecular weight excluding hydrogens is 631 g/mol. The topological polar surface area (TPSA) is 99.2 Å². The standard InChI is InChI=1S/C38H41ClN4O3.ClH/c1-24-35(31-23-27(46-2)20-21-34(31)43(24)38(45)25-16-18-26(39)19-17-25)30(13-5-3-4-10-22-40)37(44)42-36-28-11-6-8-14-32(28)41-33-15-9-7-12-29(33)36;/h6,8,11,14,16-21,23,30H,3-5,7,9-10,12-13,15,22,40H2,1-2H3,(H,41,42,44);1H.